The van der Waals surface area contributed by atoms with E-state index in [9.17, 15) is 14.4 Å². The number of Topliss-reactive ketones (excluding diaryl/α,β-unsaturated/α-hetero) is 1. The number of nitrogens with zero attached hydrogens (tertiary/aromatic N) is 3. The third kappa shape index (κ3) is 7.30. The average molecular weight is 609 g/mol. The molecule has 2 amide bonds. The van der Waals surface area contributed by atoms with Crippen LogP contribution in [-0.2, 0) is 14.4 Å². The summed E-state index contributed by atoms with van der Waals surface area (Å²) in [5, 5.41) is 0.698. The zero-order valence-corrected chi connectivity index (χ0v) is 27.9. The van der Waals surface area contributed by atoms with Crippen molar-refractivity contribution in [3.05, 3.63) is 34.9 Å². The predicted molar refractivity (Wildman–Crippen MR) is 169 cm³/mol. The van der Waals surface area contributed by atoms with E-state index in [-0.39, 0.29) is 64.9 Å². The summed E-state index contributed by atoms with van der Waals surface area (Å²) in [6.07, 6.45) is 4.76. The van der Waals surface area contributed by atoms with Gasteiger partial charge in [0.15, 0.2) is 0 Å². The Morgan fingerprint density at radius 3 is 2.02 bits per heavy atom. The minimum absolute atomic E-state index is 0. The average Bonchev–Trinajstić information content (AvgIpc) is 3.53. The SMILES string of the molecule is CC(=O)C(C)(C)C(=O)N(C1CCC(C)(C)CC1)[C@H]1CCN(C(=O)C2CN(C(C)(C)C)C[C@H]2c2ccc(Cl)cc2)C1.Cl. The van der Waals surface area contributed by atoms with Crippen molar-refractivity contribution < 1.29 is 14.4 Å². The number of halogens is 2. The second kappa shape index (κ2) is 12.5. The highest BCUT2D eigenvalue weighted by atomic mass is 35.5. The van der Waals surface area contributed by atoms with Crippen molar-refractivity contribution in [1.29, 1.82) is 0 Å². The van der Waals surface area contributed by atoms with Gasteiger partial charge in [0.2, 0.25) is 11.8 Å². The Morgan fingerprint density at radius 2 is 1.49 bits per heavy atom. The molecule has 41 heavy (non-hydrogen) atoms. The van der Waals surface area contributed by atoms with E-state index in [1.54, 1.807) is 13.8 Å². The van der Waals surface area contributed by atoms with Crippen molar-refractivity contribution in [3.8, 4) is 0 Å². The summed E-state index contributed by atoms with van der Waals surface area (Å²) in [6.45, 7) is 19.0. The maximum Gasteiger partial charge on any atom is 0.236 e. The number of likely N-dealkylation sites (tertiary alicyclic amines) is 2. The summed E-state index contributed by atoms with van der Waals surface area (Å²) >= 11 is 6.19. The van der Waals surface area contributed by atoms with Crippen LogP contribution in [-0.4, -0.2) is 76.1 Å². The van der Waals surface area contributed by atoms with Crippen molar-refractivity contribution in [1.82, 2.24) is 14.7 Å². The van der Waals surface area contributed by atoms with Crippen LogP contribution in [0.5, 0.6) is 0 Å². The van der Waals surface area contributed by atoms with E-state index < -0.39 is 5.41 Å². The predicted octanol–water partition coefficient (Wildman–Crippen LogP) is 6.59. The van der Waals surface area contributed by atoms with Gasteiger partial charge in [0.1, 0.15) is 11.2 Å². The number of hydrogen-bond donors (Lipinski definition) is 0. The molecule has 230 valence electrons. The van der Waals surface area contributed by atoms with Crippen LogP contribution < -0.4 is 0 Å². The van der Waals surface area contributed by atoms with Crippen molar-refractivity contribution in [2.75, 3.05) is 26.2 Å². The second-order valence-electron chi connectivity index (χ2n) is 14.9. The molecule has 1 aromatic rings. The molecule has 2 aliphatic heterocycles. The topological polar surface area (TPSA) is 60.9 Å². The highest BCUT2D eigenvalue weighted by Crippen LogP contribution is 2.41. The molecule has 3 fully saturated rings. The van der Waals surface area contributed by atoms with Gasteiger partial charge < -0.3 is 9.80 Å². The zero-order chi connectivity index (χ0) is 29.6. The molecule has 3 atom stereocenters. The third-order valence-corrected chi connectivity index (χ3v) is 10.4. The van der Waals surface area contributed by atoms with E-state index in [2.05, 4.69) is 51.7 Å². The second-order valence-corrected chi connectivity index (χ2v) is 15.3. The summed E-state index contributed by atoms with van der Waals surface area (Å²) in [4.78, 5) is 47.2. The molecule has 8 heteroatoms. The lowest BCUT2D eigenvalue weighted by Crippen LogP contribution is -2.55. The fourth-order valence-electron chi connectivity index (χ4n) is 6.82. The van der Waals surface area contributed by atoms with Gasteiger partial charge in [-0.1, -0.05) is 37.6 Å². The molecule has 2 heterocycles. The smallest absolute Gasteiger partial charge is 0.236 e. The first-order valence-electron chi connectivity index (χ1n) is 15.1. The van der Waals surface area contributed by atoms with Gasteiger partial charge in [0.25, 0.3) is 0 Å². The molecule has 1 aliphatic carbocycles. The number of rotatable bonds is 6. The fraction of sp³-hybridized carbons (Fsp3) is 0.727. The highest BCUT2D eigenvalue weighted by molar-refractivity contribution is 6.30. The van der Waals surface area contributed by atoms with Crippen molar-refractivity contribution in [2.24, 2.45) is 16.7 Å². The first-order chi connectivity index (χ1) is 18.5. The Labute approximate surface area is 258 Å². The molecule has 1 aromatic carbocycles. The van der Waals surface area contributed by atoms with Crippen LogP contribution in [0.1, 0.15) is 99.0 Å². The minimum atomic E-state index is -1.07. The molecule has 0 aromatic heterocycles. The Kier molecular flexibility index (Phi) is 10.4. The van der Waals surface area contributed by atoms with E-state index >= 15 is 0 Å². The molecule has 0 spiro atoms. The van der Waals surface area contributed by atoms with Crippen LogP contribution in [0.4, 0.5) is 0 Å². The van der Waals surface area contributed by atoms with Crippen LogP contribution in [0.25, 0.3) is 0 Å². The summed E-state index contributed by atoms with van der Waals surface area (Å²) in [7, 11) is 0. The van der Waals surface area contributed by atoms with Crippen molar-refractivity contribution in [3.63, 3.8) is 0 Å². The standard InChI is InChI=1S/C33H50ClN3O3.ClH/c1-22(38)33(7,8)30(40)37(25-13-16-32(5,6)17-14-25)26-15-18-35(19-26)29(39)28-21-36(31(2,3)4)20-27(28)23-9-11-24(34)12-10-23;/h9-12,25-28H,13-21H2,1-8H3;1H/t26-,27-,28?;/m0./s1. The number of carbonyl (C=O) groups excluding carboxylic acids is 3. The monoisotopic (exact) mass is 607 g/mol. The van der Waals surface area contributed by atoms with Gasteiger partial charge in [0.05, 0.1) is 12.0 Å². The Hall–Kier alpha value is -1.63. The first-order valence-corrected chi connectivity index (χ1v) is 15.5. The molecule has 1 unspecified atom stereocenters. The molecule has 0 N–H and O–H groups in total. The van der Waals surface area contributed by atoms with E-state index in [0.717, 1.165) is 44.2 Å². The third-order valence-electron chi connectivity index (χ3n) is 10.1. The van der Waals surface area contributed by atoms with Crippen LogP contribution in [0, 0.1) is 16.7 Å². The summed E-state index contributed by atoms with van der Waals surface area (Å²) in [5.74, 6) is -0.0610. The van der Waals surface area contributed by atoms with Crippen LogP contribution >= 0.6 is 24.0 Å². The lowest BCUT2D eigenvalue weighted by molar-refractivity contribution is -0.152. The fourth-order valence-corrected chi connectivity index (χ4v) is 6.94. The van der Waals surface area contributed by atoms with Gasteiger partial charge in [0, 0.05) is 48.7 Å². The van der Waals surface area contributed by atoms with Crippen LogP contribution in [0.15, 0.2) is 24.3 Å². The van der Waals surface area contributed by atoms with Crippen molar-refractivity contribution in [2.45, 2.75) is 111 Å². The number of hydrogen-bond acceptors (Lipinski definition) is 4. The number of amides is 2. The van der Waals surface area contributed by atoms with Gasteiger partial charge in [-0.3, -0.25) is 19.3 Å². The summed E-state index contributed by atoms with van der Waals surface area (Å²) in [5.41, 5.74) is 0.318. The maximum atomic E-state index is 14.2. The molecular weight excluding hydrogens is 557 g/mol. The maximum absolute atomic E-state index is 14.2. The molecule has 0 bridgehead atoms. The number of benzene rings is 1. The van der Waals surface area contributed by atoms with E-state index in [1.807, 2.05) is 21.9 Å². The lowest BCUT2D eigenvalue weighted by atomic mass is 9.74. The van der Waals surface area contributed by atoms with Crippen LogP contribution in [0.3, 0.4) is 0 Å². The van der Waals surface area contributed by atoms with E-state index in [1.165, 1.54) is 6.92 Å². The normalized spacial score (nSPS) is 25.6. The number of carbonyl (C=O) groups is 3. The Morgan fingerprint density at radius 1 is 0.902 bits per heavy atom. The number of ketones is 1. The molecule has 6 nitrogen and oxygen atoms in total. The molecule has 4 rings (SSSR count). The quantitative estimate of drug-likeness (QED) is 0.342. The Balaban J connectivity index is 0.00000462. The first kappa shape index (κ1) is 33.9. The molecule has 2 saturated heterocycles. The largest absolute Gasteiger partial charge is 0.340 e. The minimum Gasteiger partial charge on any atom is -0.340 e. The molecular formula is C33H51Cl2N3O3. The van der Waals surface area contributed by atoms with Gasteiger partial charge in [-0.2, -0.15) is 0 Å². The highest BCUT2D eigenvalue weighted by Gasteiger charge is 2.48. The summed E-state index contributed by atoms with van der Waals surface area (Å²) in [6, 6.07) is 7.99. The van der Waals surface area contributed by atoms with Crippen LogP contribution in [0.2, 0.25) is 5.02 Å². The lowest BCUT2D eigenvalue weighted by Gasteiger charge is -2.45. The van der Waals surface area contributed by atoms with E-state index in [4.69, 9.17) is 11.6 Å². The van der Waals surface area contributed by atoms with E-state index in [0.29, 0.717) is 24.7 Å². The summed E-state index contributed by atoms with van der Waals surface area (Å²) < 4.78 is 0. The van der Waals surface area contributed by atoms with Gasteiger partial charge in [-0.25, -0.2) is 0 Å². The van der Waals surface area contributed by atoms with Crippen molar-refractivity contribution >= 4 is 41.6 Å². The van der Waals surface area contributed by atoms with Gasteiger partial charge >= 0.3 is 0 Å². The van der Waals surface area contributed by atoms with Gasteiger partial charge in [-0.05, 0) is 96.8 Å². The van der Waals surface area contributed by atoms with Gasteiger partial charge in [-0.15, -0.1) is 12.4 Å². The molecule has 3 aliphatic rings. The molecule has 0 radical (unpaired) electrons. The Bertz CT molecular complexity index is 1100. The zero-order valence-electron chi connectivity index (χ0n) is 26.3. The molecule has 1 saturated carbocycles.